The number of esters is 1. The van der Waals surface area contributed by atoms with Crippen molar-refractivity contribution < 1.29 is 14.3 Å². The second-order valence-corrected chi connectivity index (χ2v) is 5.94. The van der Waals surface area contributed by atoms with E-state index in [-0.39, 0.29) is 18.4 Å². The van der Waals surface area contributed by atoms with Gasteiger partial charge in [-0.25, -0.2) is 4.68 Å². The van der Waals surface area contributed by atoms with Crippen molar-refractivity contribution in [2.45, 2.75) is 24.9 Å². The van der Waals surface area contributed by atoms with Gasteiger partial charge in [0.2, 0.25) is 5.91 Å². The lowest BCUT2D eigenvalue weighted by molar-refractivity contribution is -0.144. The van der Waals surface area contributed by atoms with Crippen molar-refractivity contribution in [3.05, 3.63) is 36.2 Å². The van der Waals surface area contributed by atoms with Crippen molar-refractivity contribution in [2.24, 2.45) is 0 Å². The van der Waals surface area contributed by atoms with E-state index in [4.69, 9.17) is 4.74 Å². The molecule has 23 heavy (non-hydrogen) atoms. The molecule has 0 N–H and O–H groups in total. The fourth-order valence-electron chi connectivity index (χ4n) is 2.35. The first kappa shape index (κ1) is 15.5. The van der Waals surface area contributed by atoms with Crippen LogP contribution in [0.2, 0.25) is 0 Å². The van der Waals surface area contributed by atoms with Crippen molar-refractivity contribution >= 4 is 29.3 Å². The molecule has 1 amide bonds. The Morgan fingerprint density at radius 2 is 2.22 bits per heavy atom. The molecule has 1 aromatic carbocycles. The normalized spacial score (nSPS) is 13.8. The molecule has 2 aromatic rings. The third-order valence-electron chi connectivity index (χ3n) is 3.41. The molecule has 0 saturated heterocycles. The maximum absolute atomic E-state index is 12.3. The second-order valence-electron chi connectivity index (χ2n) is 4.92. The number of para-hydroxylation sites is 1. The number of carbonyl (C=O) groups excluding carboxylic acids is 2. The first-order valence-corrected chi connectivity index (χ1v) is 8.22. The molecule has 1 aromatic heterocycles. The van der Waals surface area contributed by atoms with Gasteiger partial charge in [0.05, 0.1) is 36.5 Å². The fourth-order valence-corrected chi connectivity index (χ4v) is 3.29. The Bertz CT molecular complexity index is 731. The molecule has 1 aliphatic rings. The first-order chi connectivity index (χ1) is 11.2. The smallest absolute Gasteiger partial charge is 0.327 e. The van der Waals surface area contributed by atoms with Crippen LogP contribution in [0.5, 0.6) is 0 Å². The molecule has 0 fully saturated rings. The van der Waals surface area contributed by atoms with E-state index >= 15 is 0 Å². The van der Waals surface area contributed by atoms with Gasteiger partial charge in [0.25, 0.3) is 0 Å². The predicted octanol–water partition coefficient (Wildman–Crippen LogP) is 1.48. The van der Waals surface area contributed by atoms with Crippen LogP contribution >= 0.6 is 11.8 Å². The Kier molecular flexibility index (Phi) is 4.61. The zero-order valence-corrected chi connectivity index (χ0v) is 13.5. The molecule has 8 heteroatoms. The Morgan fingerprint density at radius 3 is 3.04 bits per heavy atom. The van der Waals surface area contributed by atoms with Gasteiger partial charge in [-0.3, -0.25) is 9.59 Å². The minimum Gasteiger partial charge on any atom is -0.465 e. The molecule has 3 rings (SSSR count). The van der Waals surface area contributed by atoms with E-state index in [0.29, 0.717) is 24.6 Å². The number of aromatic nitrogens is 3. The average Bonchev–Trinajstić information content (AvgIpc) is 2.97. The summed E-state index contributed by atoms with van der Waals surface area (Å²) in [7, 11) is 0. The van der Waals surface area contributed by atoms with Crippen LogP contribution in [0.3, 0.4) is 0 Å². The van der Waals surface area contributed by atoms with E-state index in [1.165, 1.54) is 16.4 Å². The summed E-state index contributed by atoms with van der Waals surface area (Å²) in [5.41, 5.74) is 1.56. The molecular weight excluding hydrogens is 316 g/mol. The van der Waals surface area contributed by atoms with Gasteiger partial charge in [-0.05, 0) is 19.1 Å². The van der Waals surface area contributed by atoms with E-state index in [1.54, 1.807) is 18.0 Å². The summed E-state index contributed by atoms with van der Waals surface area (Å²) in [6, 6.07) is 7.76. The van der Waals surface area contributed by atoms with Crippen molar-refractivity contribution in [2.75, 3.05) is 17.3 Å². The first-order valence-electron chi connectivity index (χ1n) is 7.24. The van der Waals surface area contributed by atoms with Gasteiger partial charge in [-0.1, -0.05) is 17.3 Å². The van der Waals surface area contributed by atoms with Gasteiger partial charge in [0, 0.05) is 4.90 Å². The van der Waals surface area contributed by atoms with Crippen LogP contribution in [0.1, 0.15) is 12.6 Å². The molecular formula is C15H16N4O3S. The predicted molar refractivity (Wildman–Crippen MR) is 85.0 cm³/mol. The number of rotatable bonds is 5. The lowest BCUT2D eigenvalue weighted by Crippen LogP contribution is -2.35. The summed E-state index contributed by atoms with van der Waals surface area (Å²) in [6.45, 7) is 2.38. The van der Waals surface area contributed by atoms with E-state index < -0.39 is 0 Å². The Balaban J connectivity index is 1.81. The molecule has 2 heterocycles. The number of ether oxygens (including phenoxy) is 1. The summed E-state index contributed by atoms with van der Waals surface area (Å²) in [5.74, 6) is 0.0500. The molecule has 0 aliphatic carbocycles. The highest BCUT2D eigenvalue weighted by Crippen LogP contribution is 2.35. The zero-order chi connectivity index (χ0) is 16.2. The highest BCUT2D eigenvalue weighted by molar-refractivity contribution is 8.00. The van der Waals surface area contributed by atoms with Gasteiger partial charge in [0.15, 0.2) is 0 Å². The standard InChI is InChI=1S/C15H16N4O3S/c1-2-22-15(21)9-19-11(7-16-17-19)8-18-12-5-3-4-6-13(12)23-10-14(18)20/h3-7H,2,8-10H2,1H3. The van der Waals surface area contributed by atoms with Gasteiger partial charge in [0.1, 0.15) is 6.54 Å². The molecule has 0 saturated carbocycles. The lowest BCUT2D eigenvalue weighted by atomic mass is 10.2. The van der Waals surface area contributed by atoms with Gasteiger partial charge >= 0.3 is 5.97 Å². The summed E-state index contributed by atoms with van der Waals surface area (Å²) in [4.78, 5) is 26.7. The number of fused-ring (bicyclic) bond motifs is 1. The number of hydrogen-bond acceptors (Lipinski definition) is 6. The summed E-state index contributed by atoms with van der Waals surface area (Å²) in [6.07, 6.45) is 1.57. The second kappa shape index (κ2) is 6.82. The van der Waals surface area contributed by atoms with Crippen LogP contribution in [0.15, 0.2) is 35.4 Å². The SMILES string of the molecule is CCOC(=O)Cn1nncc1CN1C(=O)CSc2ccccc21. The van der Waals surface area contributed by atoms with Crippen LogP contribution in [0, 0.1) is 0 Å². The third-order valence-corrected chi connectivity index (χ3v) is 4.46. The number of benzene rings is 1. The average molecular weight is 332 g/mol. The van der Waals surface area contributed by atoms with Crippen LogP contribution in [0.4, 0.5) is 5.69 Å². The van der Waals surface area contributed by atoms with Crippen LogP contribution in [0.25, 0.3) is 0 Å². The molecule has 0 radical (unpaired) electrons. The van der Waals surface area contributed by atoms with E-state index in [9.17, 15) is 9.59 Å². The number of anilines is 1. The number of hydrogen-bond donors (Lipinski definition) is 0. The van der Waals surface area contributed by atoms with Gasteiger partial charge in [-0.2, -0.15) is 0 Å². The van der Waals surface area contributed by atoms with Crippen molar-refractivity contribution in [1.29, 1.82) is 0 Å². The number of amides is 1. The summed E-state index contributed by atoms with van der Waals surface area (Å²) < 4.78 is 6.39. The number of nitrogens with zero attached hydrogens (tertiary/aromatic N) is 4. The van der Waals surface area contributed by atoms with Crippen molar-refractivity contribution in [3.63, 3.8) is 0 Å². The molecule has 0 atom stereocenters. The summed E-state index contributed by atoms with van der Waals surface area (Å²) >= 11 is 1.53. The van der Waals surface area contributed by atoms with Crippen LogP contribution in [-0.4, -0.2) is 39.2 Å². The Morgan fingerprint density at radius 1 is 1.39 bits per heavy atom. The van der Waals surface area contributed by atoms with E-state index in [0.717, 1.165) is 10.6 Å². The molecule has 0 spiro atoms. The fraction of sp³-hybridized carbons (Fsp3) is 0.333. The lowest BCUT2D eigenvalue weighted by Gasteiger charge is -2.28. The monoisotopic (exact) mass is 332 g/mol. The quantitative estimate of drug-likeness (QED) is 0.772. The number of thioether (sulfide) groups is 1. The Labute approximate surface area is 137 Å². The highest BCUT2D eigenvalue weighted by Gasteiger charge is 2.25. The minimum absolute atomic E-state index is 0.0123. The third kappa shape index (κ3) is 3.37. The van der Waals surface area contributed by atoms with Crippen LogP contribution < -0.4 is 4.90 Å². The molecule has 0 unspecified atom stereocenters. The molecule has 0 bridgehead atoms. The molecule has 1 aliphatic heterocycles. The van der Waals surface area contributed by atoms with E-state index in [2.05, 4.69) is 10.3 Å². The molecule has 120 valence electrons. The Hall–Kier alpha value is -2.35. The van der Waals surface area contributed by atoms with Crippen molar-refractivity contribution in [3.8, 4) is 0 Å². The maximum atomic E-state index is 12.3. The van der Waals surface area contributed by atoms with Gasteiger partial charge in [-0.15, -0.1) is 16.9 Å². The summed E-state index contributed by atoms with van der Waals surface area (Å²) in [5, 5.41) is 7.75. The zero-order valence-electron chi connectivity index (χ0n) is 12.6. The van der Waals surface area contributed by atoms with E-state index in [1.807, 2.05) is 24.3 Å². The van der Waals surface area contributed by atoms with Crippen molar-refractivity contribution in [1.82, 2.24) is 15.0 Å². The molecule has 7 nitrogen and oxygen atoms in total. The minimum atomic E-state index is -0.375. The maximum Gasteiger partial charge on any atom is 0.327 e. The largest absolute Gasteiger partial charge is 0.465 e. The topological polar surface area (TPSA) is 77.3 Å². The number of carbonyl (C=O) groups is 2. The van der Waals surface area contributed by atoms with Gasteiger partial charge < -0.3 is 9.64 Å². The highest BCUT2D eigenvalue weighted by atomic mass is 32.2. The van der Waals surface area contributed by atoms with Crippen LogP contribution in [-0.2, 0) is 27.4 Å².